The van der Waals surface area contributed by atoms with E-state index in [1.54, 1.807) is 19.4 Å². The van der Waals surface area contributed by atoms with Gasteiger partial charge in [-0.05, 0) is 26.0 Å². The fraction of sp³-hybridized carbons (Fsp3) is 0.333. The number of methoxy groups -OCH3 is 1. The van der Waals surface area contributed by atoms with Crippen molar-refractivity contribution in [3.05, 3.63) is 52.9 Å². The van der Waals surface area contributed by atoms with E-state index in [2.05, 4.69) is 9.97 Å². The second kappa shape index (κ2) is 5.96. The van der Waals surface area contributed by atoms with E-state index in [0.717, 1.165) is 22.6 Å². The fourth-order valence-corrected chi connectivity index (χ4v) is 2.25. The summed E-state index contributed by atoms with van der Waals surface area (Å²) in [4.78, 5) is 8.38. The van der Waals surface area contributed by atoms with Crippen molar-refractivity contribution < 1.29 is 9.13 Å². The molecule has 0 bridgehead atoms. The third-order valence-electron chi connectivity index (χ3n) is 3.30. The van der Waals surface area contributed by atoms with E-state index < -0.39 is 11.9 Å². The van der Waals surface area contributed by atoms with Crippen LogP contribution in [-0.4, -0.2) is 17.1 Å². The average Bonchev–Trinajstić information content (AvgIpc) is 2.43. The highest BCUT2D eigenvalue weighted by molar-refractivity contribution is 5.41. The second-order valence-corrected chi connectivity index (χ2v) is 4.73. The van der Waals surface area contributed by atoms with Crippen LogP contribution in [0.1, 0.15) is 28.6 Å². The molecule has 0 amide bonds. The van der Waals surface area contributed by atoms with Gasteiger partial charge in [0, 0.05) is 35.6 Å². The van der Waals surface area contributed by atoms with Gasteiger partial charge in [-0.25, -0.2) is 4.39 Å². The fourth-order valence-electron chi connectivity index (χ4n) is 2.25. The molecular weight excluding hydrogens is 257 g/mol. The zero-order chi connectivity index (χ0) is 14.7. The van der Waals surface area contributed by atoms with Crippen LogP contribution in [0.3, 0.4) is 0 Å². The Morgan fingerprint density at radius 3 is 2.75 bits per heavy atom. The normalized spacial score (nSPS) is 12.2. The lowest BCUT2D eigenvalue weighted by Gasteiger charge is -2.15. The zero-order valence-corrected chi connectivity index (χ0v) is 11.9. The Labute approximate surface area is 117 Å². The highest BCUT2D eigenvalue weighted by atomic mass is 19.1. The Bertz CT molecular complexity index is 616. The van der Waals surface area contributed by atoms with Crippen molar-refractivity contribution in [2.45, 2.75) is 26.3 Å². The highest BCUT2D eigenvalue weighted by Gasteiger charge is 2.17. The number of rotatable bonds is 4. The minimum atomic E-state index is -0.533. The molecule has 0 aliphatic heterocycles. The third-order valence-corrected chi connectivity index (χ3v) is 3.30. The Morgan fingerprint density at radius 2 is 2.10 bits per heavy atom. The molecule has 20 heavy (non-hydrogen) atoms. The summed E-state index contributed by atoms with van der Waals surface area (Å²) in [6, 6.07) is 2.37. The molecule has 106 valence electrons. The smallest absolute Gasteiger partial charge is 0.146 e. The maximum atomic E-state index is 13.7. The zero-order valence-electron chi connectivity index (χ0n) is 11.9. The Morgan fingerprint density at radius 1 is 1.35 bits per heavy atom. The van der Waals surface area contributed by atoms with Crippen LogP contribution in [0.4, 0.5) is 4.39 Å². The largest absolute Gasteiger partial charge is 0.496 e. The minimum Gasteiger partial charge on any atom is -0.496 e. The summed E-state index contributed by atoms with van der Waals surface area (Å²) in [5.74, 6) is 0.403. The summed E-state index contributed by atoms with van der Waals surface area (Å²) in [7, 11) is 1.62. The number of hydrogen-bond acceptors (Lipinski definition) is 4. The van der Waals surface area contributed by atoms with Crippen molar-refractivity contribution in [3.63, 3.8) is 0 Å². The molecule has 0 radical (unpaired) electrons. The number of pyridine rings is 2. The van der Waals surface area contributed by atoms with Gasteiger partial charge in [0.1, 0.15) is 11.6 Å². The number of aromatic nitrogens is 2. The SMILES string of the molecule is COc1c(C)cnc(CC(N)c2ncccc2F)c1C. The molecule has 0 aliphatic rings. The number of nitrogens with zero attached hydrogens (tertiary/aromatic N) is 2. The maximum Gasteiger partial charge on any atom is 0.146 e. The average molecular weight is 275 g/mol. The maximum absolute atomic E-state index is 13.7. The molecule has 2 aromatic heterocycles. The lowest BCUT2D eigenvalue weighted by Crippen LogP contribution is -2.18. The predicted octanol–water partition coefficient (Wildman–Crippen LogP) is 2.48. The number of ether oxygens (including phenoxy) is 1. The van der Waals surface area contributed by atoms with Crippen molar-refractivity contribution in [1.29, 1.82) is 0 Å². The molecule has 4 nitrogen and oxygen atoms in total. The molecule has 2 aromatic rings. The van der Waals surface area contributed by atoms with Crippen LogP contribution in [0.5, 0.6) is 5.75 Å². The van der Waals surface area contributed by atoms with Gasteiger partial charge in [-0.2, -0.15) is 0 Å². The first-order valence-electron chi connectivity index (χ1n) is 6.39. The summed E-state index contributed by atoms with van der Waals surface area (Å²) in [6.45, 7) is 3.86. The van der Waals surface area contributed by atoms with Gasteiger partial charge in [0.05, 0.1) is 18.8 Å². The van der Waals surface area contributed by atoms with E-state index in [1.807, 2.05) is 13.8 Å². The lowest BCUT2D eigenvalue weighted by atomic mass is 10.0. The van der Waals surface area contributed by atoms with Crippen LogP contribution in [0.15, 0.2) is 24.5 Å². The first kappa shape index (κ1) is 14.4. The number of hydrogen-bond donors (Lipinski definition) is 1. The van der Waals surface area contributed by atoms with E-state index in [1.165, 1.54) is 12.3 Å². The van der Waals surface area contributed by atoms with Gasteiger partial charge in [0.25, 0.3) is 0 Å². The molecule has 0 spiro atoms. The molecule has 2 N–H and O–H groups in total. The Kier molecular flexibility index (Phi) is 4.29. The number of nitrogens with two attached hydrogens (primary N) is 1. The monoisotopic (exact) mass is 275 g/mol. The van der Waals surface area contributed by atoms with Crippen LogP contribution in [0.2, 0.25) is 0 Å². The third kappa shape index (κ3) is 2.77. The van der Waals surface area contributed by atoms with Crippen LogP contribution in [0, 0.1) is 19.7 Å². The molecule has 1 unspecified atom stereocenters. The van der Waals surface area contributed by atoms with Gasteiger partial charge in [0.15, 0.2) is 0 Å². The summed E-state index contributed by atoms with van der Waals surface area (Å²) in [5.41, 5.74) is 8.99. The van der Waals surface area contributed by atoms with Crippen molar-refractivity contribution in [2.75, 3.05) is 7.11 Å². The molecule has 0 aliphatic carbocycles. The minimum absolute atomic E-state index is 0.258. The van der Waals surface area contributed by atoms with Crippen molar-refractivity contribution in [1.82, 2.24) is 9.97 Å². The molecule has 5 heteroatoms. The van der Waals surface area contributed by atoms with E-state index in [9.17, 15) is 4.39 Å². The molecular formula is C15H18FN3O. The molecule has 1 atom stereocenters. The lowest BCUT2D eigenvalue weighted by molar-refractivity contribution is 0.406. The summed E-state index contributed by atoms with van der Waals surface area (Å²) in [6.07, 6.45) is 3.69. The van der Waals surface area contributed by atoms with Gasteiger partial charge >= 0.3 is 0 Å². The van der Waals surface area contributed by atoms with Crippen LogP contribution in [-0.2, 0) is 6.42 Å². The van der Waals surface area contributed by atoms with Crippen molar-refractivity contribution in [2.24, 2.45) is 5.73 Å². The Hall–Kier alpha value is -2.01. The van der Waals surface area contributed by atoms with Crippen molar-refractivity contribution >= 4 is 0 Å². The molecule has 0 saturated carbocycles. The summed E-state index contributed by atoms with van der Waals surface area (Å²) >= 11 is 0. The molecule has 0 saturated heterocycles. The molecule has 0 fully saturated rings. The van der Waals surface area contributed by atoms with Gasteiger partial charge < -0.3 is 10.5 Å². The van der Waals surface area contributed by atoms with Crippen LogP contribution < -0.4 is 10.5 Å². The molecule has 2 rings (SSSR count). The predicted molar refractivity (Wildman–Crippen MR) is 75.1 cm³/mol. The highest BCUT2D eigenvalue weighted by Crippen LogP contribution is 2.26. The molecule has 0 aromatic carbocycles. The van der Waals surface area contributed by atoms with Crippen molar-refractivity contribution in [3.8, 4) is 5.75 Å². The molecule has 2 heterocycles. The van der Waals surface area contributed by atoms with E-state index in [-0.39, 0.29) is 5.69 Å². The second-order valence-electron chi connectivity index (χ2n) is 4.73. The van der Waals surface area contributed by atoms with Gasteiger partial charge in [-0.3, -0.25) is 9.97 Å². The van der Waals surface area contributed by atoms with Gasteiger partial charge in [-0.15, -0.1) is 0 Å². The van der Waals surface area contributed by atoms with Gasteiger partial charge in [0.2, 0.25) is 0 Å². The van der Waals surface area contributed by atoms with E-state index in [4.69, 9.17) is 10.5 Å². The van der Waals surface area contributed by atoms with E-state index in [0.29, 0.717) is 6.42 Å². The first-order valence-corrected chi connectivity index (χ1v) is 6.39. The number of aryl methyl sites for hydroxylation is 1. The van der Waals surface area contributed by atoms with Crippen LogP contribution >= 0.6 is 0 Å². The number of halogens is 1. The quantitative estimate of drug-likeness (QED) is 0.931. The first-order chi connectivity index (χ1) is 9.54. The van der Waals surface area contributed by atoms with Crippen LogP contribution in [0.25, 0.3) is 0 Å². The Balaban J connectivity index is 2.29. The standard InChI is InChI=1S/C15H18FN3O/c1-9-8-19-13(10(2)15(9)20-3)7-12(17)14-11(16)5-4-6-18-14/h4-6,8,12H,7,17H2,1-3H3. The topological polar surface area (TPSA) is 61.0 Å². The van der Waals surface area contributed by atoms with E-state index >= 15 is 0 Å². The summed E-state index contributed by atoms with van der Waals surface area (Å²) in [5, 5.41) is 0. The van der Waals surface area contributed by atoms with Gasteiger partial charge in [-0.1, -0.05) is 0 Å². The summed E-state index contributed by atoms with van der Waals surface area (Å²) < 4.78 is 19.0.